The number of carbonyl (C=O) groups excluding carboxylic acids is 1. The van der Waals surface area contributed by atoms with Crippen molar-refractivity contribution in [1.29, 1.82) is 0 Å². The Kier molecular flexibility index (Phi) is 3.34. The minimum Gasteiger partial charge on any atom is -0.481 e. The average Bonchev–Trinajstić information content (AvgIpc) is 2.35. The highest BCUT2D eigenvalue weighted by Gasteiger charge is 2.39. The second-order valence-corrected chi connectivity index (χ2v) is 6.07. The Morgan fingerprint density at radius 1 is 1.40 bits per heavy atom. The van der Waals surface area contributed by atoms with E-state index in [1.165, 1.54) is 11.1 Å². The maximum absolute atomic E-state index is 10.9. The van der Waals surface area contributed by atoms with Crippen molar-refractivity contribution in [1.82, 2.24) is 4.90 Å². The lowest BCUT2D eigenvalue weighted by Crippen LogP contribution is -2.49. The first-order valence-corrected chi connectivity index (χ1v) is 7.13. The van der Waals surface area contributed by atoms with Gasteiger partial charge in [-0.05, 0) is 36.0 Å². The number of aliphatic carboxylic acids is 1. The fourth-order valence-corrected chi connectivity index (χ4v) is 3.42. The van der Waals surface area contributed by atoms with Crippen LogP contribution in [0.1, 0.15) is 47.2 Å². The molecule has 1 aromatic rings. The van der Waals surface area contributed by atoms with Crippen LogP contribution in [-0.4, -0.2) is 34.8 Å². The van der Waals surface area contributed by atoms with E-state index in [1.54, 1.807) is 0 Å². The van der Waals surface area contributed by atoms with Gasteiger partial charge in [-0.2, -0.15) is 0 Å². The van der Waals surface area contributed by atoms with Gasteiger partial charge in [0.2, 0.25) is 0 Å². The first kappa shape index (κ1) is 13.3. The number of carbonyl (C=O) groups is 2. The highest BCUT2D eigenvalue weighted by Crippen LogP contribution is 2.37. The first-order valence-electron chi connectivity index (χ1n) is 7.13. The van der Waals surface area contributed by atoms with Gasteiger partial charge >= 0.3 is 5.97 Å². The van der Waals surface area contributed by atoms with Crippen LogP contribution >= 0.6 is 0 Å². The van der Waals surface area contributed by atoms with E-state index < -0.39 is 5.97 Å². The van der Waals surface area contributed by atoms with Gasteiger partial charge in [-0.25, -0.2) is 0 Å². The quantitative estimate of drug-likeness (QED) is 0.858. The summed E-state index contributed by atoms with van der Waals surface area (Å²) in [6.45, 7) is 4.00. The summed E-state index contributed by atoms with van der Waals surface area (Å²) in [5.41, 5.74) is 3.25. The van der Waals surface area contributed by atoms with Crippen molar-refractivity contribution < 1.29 is 14.7 Å². The van der Waals surface area contributed by atoms with Gasteiger partial charge in [0.05, 0.1) is 5.92 Å². The minimum atomic E-state index is -0.671. The molecule has 1 atom stereocenters. The molecule has 0 saturated heterocycles. The molecule has 1 aliphatic carbocycles. The van der Waals surface area contributed by atoms with Crippen LogP contribution in [0.4, 0.5) is 0 Å². The van der Waals surface area contributed by atoms with Crippen molar-refractivity contribution in [3.8, 4) is 0 Å². The van der Waals surface area contributed by atoms with Gasteiger partial charge in [0, 0.05) is 24.7 Å². The lowest BCUT2D eigenvalue weighted by Gasteiger charge is -2.45. The van der Waals surface area contributed by atoms with E-state index in [1.807, 2.05) is 12.1 Å². The molecule has 0 spiro atoms. The van der Waals surface area contributed by atoms with Crippen molar-refractivity contribution in [3.05, 3.63) is 34.9 Å². The molecular weight excluding hydrogens is 254 g/mol. The molecule has 1 saturated carbocycles. The van der Waals surface area contributed by atoms with E-state index in [0.29, 0.717) is 12.0 Å². The smallest absolute Gasteiger partial charge is 0.306 e. The van der Waals surface area contributed by atoms with Crippen molar-refractivity contribution in [3.63, 3.8) is 0 Å². The molecule has 1 aliphatic heterocycles. The SMILES string of the molecule is CC1CN(C2CC(C(=O)O)C2)Cc2cc(C=O)ccc21. The summed E-state index contributed by atoms with van der Waals surface area (Å²) in [6, 6.07) is 6.29. The molecule has 4 nitrogen and oxygen atoms in total. The molecule has 1 aromatic carbocycles. The molecule has 4 heteroatoms. The predicted octanol–water partition coefficient (Wildman–Crippen LogP) is 2.28. The van der Waals surface area contributed by atoms with Gasteiger partial charge in [0.1, 0.15) is 6.29 Å². The van der Waals surface area contributed by atoms with E-state index >= 15 is 0 Å². The normalized spacial score (nSPS) is 29.4. The molecule has 106 valence electrons. The number of aldehydes is 1. The van der Waals surface area contributed by atoms with Gasteiger partial charge in [-0.15, -0.1) is 0 Å². The molecule has 1 fully saturated rings. The summed E-state index contributed by atoms with van der Waals surface area (Å²) < 4.78 is 0. The van der Waals surface area contributed by atoms with E-state index in [4.69, 9.17) is 5.11 Å². The summed E-state index contributed by atoms with van der Waals surface area (Å²) in [5.74, 6) is -0.406. The first-order chi connectivity index (χ1) is 9.58. The monoisotopic (exact) mass is 273 g/mol. The molecule has 2 aliphatic rings. The predicted molar refractivity (Wildman–Crippen MR) is 74.8 cm³/mol. The molecule has 1 heterocycles. The maximum Gasteiger partial charge on any atom is 0.306 e. The van der Waals surface area contributed by atoms with Crippen LogP contribution in [-0.2, 0) is 11.3 Å². The third kappa shape index (κ3) is 2.24. The molecule has 1 unspecified atom stereocenters. The van der Waals surface area contributed by atoms with E-state index in [0.717, 1.165) is 37.8 Å². The second-order valence-electron chi connectivity index (χ2n) is 6.07. The number of hydrogen-bond donors (Lipinski definition) is 1. The van der Waals surface area contributed by atoms with E-state index in [2.05, 4.69) is 17.9 Å². The number of carboxylic acids is 1. The molecule has 20 heavy (non-hydrogen) atoms. The third-order valence-corrected chi connectivity index (χ3v) is 4.69. The Labute approximate surface area is 118 Å². The highest BCUT2D eigenvalue weighted by atomic mass is 16.4. The summed E-state index contributed by atoms with van der Waals surface area (Å²) in [6.07, 6.45) is 2.39. The molecule has 0 radical (unpaired) electrons. The van der Waals surface area contributed by atoms with Crippen LogP contribution < -0.4 is 0 Å². The Hall–Kier alpha value is -1.68. The zero-order valence-electron chi connectivity index (χ0n) is 11.6. The maximum atomic E-state index is 10.9. The molecule has 0 amide bonds. The summed E-state index contributed by atoms with van der Waals surface area (Å²) in [7, 11) is 0. The highest BCUT2D eigenvalue weighted by molar-refractivity contribution is 5.75. The standard InChI is InChI=1S/C16H19NO3/c1-10-7-17(14-5-12(6-14)16(19)20)8-13-4-11(9-18)2-3-15(10)13/h2-4,9-10,12,14H,5-8H2,1H3,(H,19,20). The van der Waals surface area contributed by atoms with Crippen LogP contribution in [0.3, 0.4) is 0 Å². The Morgan fingerprint density at radius 2 is 2.15 bits per heavy atom. The fourth-order valence-electron chi connectivity index (χ4n) is 3.42. The van der Waals surface area contributed by atoms with E-state index in [-0.39, 0.29) is 5.92 Å². The van der Waals surface area contributed by atoms with Crippen molar-refractivity contribution in [2.75, 3.05) is 6.54 Å². The fraction of sp³-hybridized carbons (Fsp3) is 0.500. The van der Waals surface area contributed by atoms with Gasteiger partial charge in [-0.1, -0.05) is 19.1 Å². The second kappa shape index (κ2) is 5.02. The largest absolute Gasteiger partial charge is 0.481 e. The number of nitrogens with zero attached hydrogens (tertiary/aromatic N) is 1. The Bertz CT molecular complexity index is 549. The van der Waals surface area contributed by atoms with Gasteiger partial charge in [-0.3, -0.25) is 14.5 Å². The van der Waals surface area contributed by atoms with Crippen LogP contribution in [0.2, 0.25) is 0 Å². The average molecular weight is 273 g/mol. The van der Waals surface area contributed by atoms with Crippen LogP contribution in [0.25, 0.3) is 0 Å². The number of hydrogen-bond acceptors (Lipinski definition) is 3. The third-order valence-electron chi connectivity index (χ3n) is 4.69. The Balaban J connectivity index is 1.75. The van der Waals surface area contributed by atoms with Gasteiger partial charge in [0.25, 0.3) is 0 Å². The van der Waals surface area contributed by atoms with Crippen LogP contribution in [0, 0.1) is 5.92 Å². The molecule has 0 aromatic heterocycles. The van der Waals surface area contributed by atoms with Crippen molar-refractivity contribution in [2.45, 2.75) is 38.3 Å². The summed E-state index contributed by atoms with van der Waals surface area (Å²) in [4.78, 5) is 24.2. The van der Waals surface area contributed by atoms with Crippen LogP contribution in [0.5, 0.6) is 0 Å². The summed E-state index contributed by atoms with van der Waals surface area (Å²) >= 11 is 0. The number of fused-ring (bicyclic) bond motifs is 1. The minimum absolute atomic E-state index is 0.169. The molecule has 0 bridgehead atoms. The van der Waals surface area contributed by atoms with Crippen molar-refractivity contribution >= 4 is 12.3 Å². The lowest BCUT2D eigenvalue weighted by molar-refractivity contribution is -0.147. The lowest BCUT2D eigenvalue weighted by atomic mass is 9.77. The molecule has 3 rings (SSSR count). The number of benzene rings is 1. The number of carboxylic acid groups (broad SMARTS) is 1. The number of rotatable bonds is 3. The molecule has 1 N–H and O–H groups in total. The zero-order valence-corrected chi connectivity index (χ0v) is 11.6. The topological polar surface area (TPSA) is 57.6 Å². The van der Waals surface area contributed by atoms with E-state index in [9.17, 15) is 9.59 Å². The Morgan fingerprint density at radius 3 is 2.80 bits per heavy atom. The zero-order chi connectivity index (χ0) is 14.3. The van der Waals surface area contributed by atoms with Crippen LogP contribution in [0.15, 0.2) is 18.2 Å². The van der Waals surface area contributed by atoms with Gasteiger partial charge < -0.3 is 5.11 Å². The van der Waals surface area contributed by atoms with Crippen molar-refractivity contribution in [2.24, 2.45) is 5.92 Å². The van der Waals surface area contributed by atoms with Gasteiger partial charge in [0.15, 0.2) is 0 Å². The molecular formula is C16H19NO3. The summed E-state index contributed by atoms with van der Waals surface area (Å²) in [5, 5.41) is 8.97.